The largest absolute Gasteiger partial charge is 0.385 e. The lowest BCUT2D eigenvalue weighted by Gasteiger charge is -2.32. The fourth-order valence-electron chi connectivity index (χ4n) is 4.69. The molecular formula is C26H30ClN3O3. The molecule has 0 radical (unpaired) electrons. The highest BCUT2D eigenvalue weighted by Gasteiger charge is 2.32. The number of hydrogen-bond donors (Lipinski definition) is 0. The molecule has 1 aliphatic rings. The van der Waals surface area contributed by atoms with E-state index < -0.39 is 0 Å². The number of amides is 1. The van der Waals surface area contributed by atoms with Gasteiger partial charge in [0, 0.05) is 31.2 Å². The molecule has 0 aliphatic heterocycles. The van der Waals surface area contributed by atoms with Crippen LogP contribution in [0.15, 0.2) is 53.3 Å². The first kappa shape index (κ1) is 23.5. The number of halogens is 1. The number of ether oxygens (including phenoxy) is 1. The van der Waals surface area contributed by atoms with Gasteiger partial charge in [-0.15, -0.1) is 0 Å². The van der Waals surface area contributed by atoms with E-state index in [4.69, 9.17) is 21.3 Å². The van der Waals surface area contributed by atoms with E-state index in [2.05, 4.69) is 0 Å². The Morgan fingerprint density at radius 1 is 1.18 bits per heavy atom. The van der Waals surface area contributed by atoms with Crippen molar-refractivity contribution in [3.8, 4) is 5.69 Å². The zero-order chi connectivity index (χ0) is 23.4. The molecule has 3 aromatic rings. The Morgan fingerprint density at radius 3 is 2.58 bits per heavy atom. The van der Waals surface area contributed by atoms with Crippen molar-refractivity contribution in [3.63, 3.8) is 0 Å². The summed E-state index contributed by atoms with van der Waals surface area (Å²) in [6.07, 6.45) is 4.72. The van der Waals surface area contributed by atoms with Gasteiger partial charge < -0.3 is 9.64 Å². The second-order valence-corrected chi connectivity index (χ2v) is 9.08. The molecule has 1 heterocycles. The van der Waals surface area contributed by atoms with Gasteiger partial charge in [-0.25, -0.2) is 4.98 Å². The van der Waals surface area contributed by atoms with Gasteiger partial charge in [-0.05, 0) is 62.6 Å². The van der Waals surface area contributed by atoms with Crippen molar-refractivity contribution in [2.75, 3.05) is 20.3 Å². The molecule has 1 aromatic heterocycles. The molecule has 174 valence electrons. The van der Waals surface area contributed by atoms with Crippen molar-refractivity contribution in [1.29, 1.82) is 0 Å². The number of fused-ring (bicyclic) bond motifs is 1. The first-order valence-electron chi connectivity index (χ1n) is 11.6. The second kappa shape index (κ2) is 10.5. The highest BCUT2D eigenvalue weighted by atomic mass is 35.5. The molecule has 0 N–H and O–H groups in total. The van der Waals surface area contributed by atoms with E-state index in [1.165, 1.54) is 0 Å². The van der Waals surface area contributed by atoms with Crippen LogP contribution in [0.2, 0.25) is 5.02 Å². The Kier molecular flexibility index (Phi) is 7.46. The van der Waals surface area contributed by atoms with Crippen LogP contribution in [0, 0.1) is 5.92 Å². The molecule has 1 unspecified atom stereocenters. The van der Waals surface area contributed by atoms with E-state index in [0.717, 1.165) is 32.1 Å². The second-order valence-electron chi connectivity index (χ2n) is 8.64. The molecule has 0 bridgehead atoms. The molecule has 1 saturated carbocycles. The fraction of sp³-hybridized carbons (Fsp3) is 0.423. The van der Waals surface area contributed by atoms with E-state index in [0.29, 0.717) is 40.6 Å². The average Bonchev–Trinajstić information content (AvgIpc) is 3.37. The SMILES string of the molecule is COCCCN(C(=O)C1CCCC1)C(C)c1nc2ccccc2c(=O)n1-c1ccc(Cl)cc1. The van der Waals surface area contributed by atoms with Gasteiger partial charge >= 0.3 is 0 Å². The van der Waals surface area contributed by atoms with Gasteiger partial charge in [0.2, 0.25) is 5.91 Å². The highest BCUT2D eigenvalue weighted by Crippen LogP contribution is 2.31. The van der Waals surface area contributed by atoms with Crippen molar-refractivity contribution in [1.82, 2.24) is 14.5 Å². The lowest BCUT2D eigenvalue weighted by Crippen LogP contribution is -2.41. The Morgan fingerprint density at radius 2 is 1.88 bits per heavy atom. The standard InChI is InChI=1S/C26H30ClN3O3/c1-18(29(16-7-17-33-2)25(31)19-8-3-4-9-19)24-28-23-11-6-5-10-22(23)26(32)30(24)21-14-12-20(27)13-15-21/h5-6,10-15,18-19H,3-4,7-9,16-17H2,1-2H3. The molecule has 7 heteroatoms. The summed E-state index contributed by atoms with van der Waals surface area (Å²) in [5.74, 6) is 0.720. The summed E-state index contributed by atoms with van der Waals surface area (Å²) in [5.41, 5.74) is 1.14. The van der Waals surface area contributed by atoms with E-state index in [1.54, 1.807) is 29.9 Å². The fourth-order valence-corrected chi connectivity index (χ4v) is 4.82. The average molecular weight is 468 g/mol. The molecule has 33 heavy (non-hydrogen) atoms. The Labute approximate surface area is 199 Å². The summed E-state index contributed by atoms with van der Waals surface area (Å²) in [6.45, 7) is 3.08. The van der Waals surface area contributed by atoms with Gasteiger partial charge in [0.25, 0.3) is 5.56 Å². The quantitative estimate of drug-likeness (QED) is 0.429. The predicted molar refractivity (Wildman–Crippen MR) is 131 cm³/mol. The normalized spacial score (nSPS) is 15.1. The maximum absolute atomic E-state index is 13.6. The van der Waals surface area contributed by atoms with Crippen LogP contribution in [0.3, 0.4) is 0 Å². The number of rotatable bonds is 8. The van der Waals surface area contributed by atoms with Crippen molar-refractivity contribution in [3.05, 3.63) is 69.7 Å². The summed E-state index contributed by atoms with van der Waals surface area (Å²) in [6, 6.07) is 14.1. The number of para-hydroxylation sites is 1. The minimum Gasteiger partial charge on any atom is -0.385 e. The molecular weight excluding hydrogens is 438 g/mol. The first-order valence-corrected chi connectivity index (χ1v) is 12.0. The van der Waals surface area contributed by atoms with Crippen LogP contribution in [0.25, 0.3) is 16.6 Å². The Bertz CT molecular complexity index is 1170. The molecule has 1 amide bonds. The zero-order valence-corrected chi connectivity index (χ0v) is 19.9. The summed E-state index contributed by atoms with van der Waals surface area (Å²) in [7, 11) is 1.66. The van der Waals surface area contributed by atoms with Crippen LogP contribution in [-0.4, -0.2) is 40.6 Å². The molecule has 1 aliphatic carbocycles. The molecule has 4 rings (SSSR count). The maximum Gasteiger partial charge on any atom is 0.266 e. The Hall–Kier alpha value is -2.70. The number of hydrogen-bond acceptors (Lipinski definition) is 4. The molecule has 1 fully saturated rings. The van der Waals surface area contributed by atoms with Crippen LogP contribution in [0.4, 0.5) is 0 Å². The van der Waals surface area contributed by atoms with Crippen LogP contribution in [0.5, 0.6) is 0 Å². The van der Waals surface area contributed by atoms with Gasteiger partial charge in [0.15, 0.2) is 0 Å². The van der Waals surface area contributed by atoms with Crippen molar-refractivity contribution in [2.45, 2.75) is 45.1 Å². The lowest BCUT2D eigenvalue weighted by atomic mass is 10.0. The topological polar surface area (TPSA) is 64.4 Å². The number of carbonyl (C=O) groups excluding carboxylic acids is 1. The van der Waals surface area contributed by atoms with Crippen molar-refractivity contribution >= 4 is 28.4 Å². The number of benzene rings is 2. The first-order chi connectivity index (χ1) is 16.0. The number of nitrogens with zero attached hydrogens (tertiary/aromatic N) is 3. The van der Waals surface area contributed by atoms with Crippen LogP contribution < -0.4 is 5.56 Å². The molecule has 2 aromatic carbocycles. The van der Waals surface area contributed by atoms with Gasteiger partial charge in [-0.3, -0.25) is 14.2 Å². The third-order valence-electron chi connectivity index (χ3n) is 6.46. The smallest absolute Gasteiger partial charge is 0.266 e. The van der Waals surface area contributed by atoms with E-state index >= 15 is 0 Å². The van der Waals surface area contributed by atoms with E-state index in [-0.39, 0.29) is 23.4 Å². The number of methoxy groups -OCH3 is 1. The summed E-state index contributed by atoms with van der Waals surface area (Å²) in [4.78, 5) is 33.9. The van der Waals surface area contributed by atoms with Crippen molar-refractivity contribution in [2.24, 2.45) is 5.92 Å². The van der Waals surface area contributed by atoms with Gasteiger partial charge in [0.1, 0.15) is 5.82 Å². The summed E-state index contributed by atoms with van der Waals surface area (Å²) < 4.78 is 6.86. The summed E-state index contributed by atoms with van der Waals surface area (Å²) >= 11 is 6.10. The summed E-state index contributed by atoms with van der Waals surface area (Å²) in [5, 5.41) is 1.13. The van der Waals surface area contributed by atoms with Crippen LogP contribution in [-0.2, 0) is 9.53 Å². The minimum absolute atomic E-state index is 0.0335. The van der Waals surface area contributed by atoms with Gasteiger partial charge in [0.05, 0.1) is 22.6 Å². The lowest BCUT2D eigenvalue weighted by molar-refractivity contribution is -0.138. The third-order valence-corrected chi connectivity index (χ3v) is 6.71. The van der Waals surface area contributed by atoms with Gasteiger partial charge in [-0.2, -0.15) is 0 Å². The highest BCUT2D eigenvalue weighted by molar-refractivity contribution is 6.30. The molecule has 0 spiro atoms. The van der Waals surface area contributed by atoms with Crippen LogP contribution in [0.1, 0.15) is 50.9 Å². The monoisotopic (exact) mass is 467 g/mol. The van der Waals surface area contributed by atoms with Gasteiger partial charge in [-0.1, -0.05) is 36.6 Å². The van der Waals surface area contributed by atoms with E-state index in [9.17, 15) is 9.59 Å². The molecule has 0 saturated heterocycles. The number of aromatic nitrogens is 2. The Balaban J connectivity index is 1.84. The van der Waals surface area contributed by atoms with E-state index in [1.807, 2.05) is 42.2 Å². The molecule has 1 atom stereocenters. The zero-order valence-electron chi connectivity index (χ0n) is 19.2. The predicted octanol–water partition coefficient (Wildman–Crippen LogP) is 5.16. The van der Waals surface area contributed by atoms with Crippen molar-refractivity contribution < 1.29 is 9.53 Å². The van der Waals surface area contributed by atoms with Crippen LogP contribution >= 0.6 is 11.6 Å². The maximum atomic E-state index is 13.6. The minimum atomic E-state index is -0.386. The molecule has 6 nitrogen and oxygen atoms in total. The third kappa shape index (κ3) is 4.97. The number of carbonyl (C=O) groups is 1.